The summed E-state index contributed by atoms with van der Waals surface area (Å²) in [4.78, 5) is 16.9. The lowest BCUT2D eigenvalue weighted by molar-refractivity contribution is 0.0796. The van der Waals surface area contributed by atoms with Crippen molar-refractivity contribution in [2.24, 2.45) is 0 Å². The van der Waals surface area contributed by atoms with Crippen LogP contribution in [-0.2, 0) is 0 Å². The second kappa shape index (κ2) is 7.37. The molecule has 1 amide bonds. The van der Waals surface area contributed by atoms with Crippen LogP contribution in [0.5, 0.6) is 0 Å². The van der Waals surface area contributed by atoms with Gasteiger partial charge in [-0.05, 0) is 43.7 Å². The van der Waals surface area contributed by atoms with Crippen LogP contribution in [0.3, 0.4) is 0 Å². The lowest BCUT2D eigenvalue weighted by Gasteiger charge is -2.17. The molecule has 2 aromatic heterocycles. The highest BCUT2D eigenvalue weighted by Gasteiger charge is 2.28. The van der Waals surface area contributed by atoms with Gasteiger partial charge in [-0.1, -0.05) is 36.4 Å². The molecule has 1 aliphatic heterocycles. The highest BCUT2D eigenvalue weighted by Crippen LogP contribution is 2.31. The van der Waals surface area contributed by atoms with Crippen molar-refractivity contribution < 1.29 is 4.79 Å². The molecule has 146 valence electrons. The van der Waals surface area contributed by atoms with Crippen LogP contribution in [0.4, 0.5) is 5.69 Å². The molecule has 1 saturated heterocycles. The van der Waals surface area contributed by atoms with Gasteiger partial charge < -0.3 is 10.2 Å². The van der Waals surface area contributed by atoms with E-state index in [2.05, 4.69) is 22.5 Å². The highest BCUT2D eigenvalue weighted by molar-refractivity contribution is 7.20. The standard InChI is InChI=1S/C23H22N4OS/c1-16-20-14-21(29-23(20)27(25-16)19-10-6-3-7-11-19)22(28)26-13-12-18(15-26)24-17-8-4-2-5-9-17/h2-11,14,18,24H,12-13,15H2,1H3. The number of likely N-dealkylation sites (tertiary alicyclic amines) is 1. The van der Waals surface area contributed by atoms with Gasteiger partial charge in [0, 0.05) is 30.2 Å². The van der Waals surface area contributed by atoms with Gasteiger partial charge in [-0.2, -0.15) is 5.10 Å². The molecule has 3 heterocycles. The van der Waals surface area contributed by atoms with Gasteiger partial charge in [0.05, 0.1) is 16.3 Å². The fourth-order valence-corrected chi connectivity index (χ4v) is 5.04. The average molecular weight is 403 g/mol. The number of nitrogens with one attached hydrogen (secondary N) is 1. The Kier molecular flexibility index (Phi) is 4.56. The smallest absolute Gasteiger partial charge is 0.264 e. The maximum atomic E-state index is 13.2. The van der Waals surface area contributed by atoms with Gasteiger partial charge in [0.15, 0.2) is 0 Å². The van der Waals surface area contributed by atoms with Crippen LogP contribution in [0.2, 0.25) is 0 Å². The van der Waals surface area contributed by atoms with Crippen LogP contribution >= 0.6 is 11.3 Å². The van der Waals surface area contributed by atoms with Gasteiger partial charge in [0.25, 0.3) is 5.91 Å². The second-order valence-electron chi connectivity index (χ2n) is 7.41. The highest BCUT2D eigenvalue weighted by atomic mass is 32.1. The largest absolute Gasteiger partial charge is 0.380 e. The Labute approximate surface area is 173 Å². The molecule has 1 atom stereocenters. The van der Waals surface area contributed by atoms with E-state index in [0.29, 0.717) is 0 Å². The van der Waals surface area contributed by atoms with Gasteiger partial charge in [0.2, 0.25) is 0 Å². The summed E-state index contributed by atoms with van der Waals surface area (Å²) < 4.78 is 1.94. The van der Waals surface area contributed by atoms with Crippen molar-refractivity contribution in [2.45, 2.75) is 19.4 Å². The van der Waals surface area contributed by atoms with Crippen molar-refractivity contribution in [3.63, 3.8) is 0 Å². The molecule has 4 aromatic rings. The van der Waals surface area contributed by atoms with E-state index in [1.54, 1.807) is 0 Å². The molecule has 5 rings (SSSR count). The molecular weight excluding hydrogens is 380 g/mol. The summed E-state index contributed by atoms with van der Waals surface area (Å²) in [6, 6.07) is 22.5. The first-order valence-electron chi connectivity index (χ1n) is 9.84. The molecule has 0 saturated carbocycles. The zero-order valence-corrected chi connectivity index (χ0v) is 17.0. The summed E-state index contributed by atoms with van der Waals surface area (Å²) >= 11 is 1.53. The molecule has 1 aliphatic rings. The van der Waals surface area contributed by atoms with Crippen LogP contribution in [0.25, 0.3) is 15.9 Å². The van der Waals surface area contributed by atoms with Gasteiger partial charge in [-0.15, -0.1) is 11.3 Å². The molecule has 2 aromatic carbocycles. The molecule has 0 radical (unpaired) electrons. The van der Waals surface area contributed by atoms with E-state index >= 15 is 0 Å². The lowest BCUT2D eigenvalue weighted by Crippen LogP contribution is -2.31. The first kappa shape index (κ1) is 17.9. The molecule has 1 N–H and O–H groups in total. The molecular formula is C23H22N4OS. The van der Waals surface area contributed by atoms with Crippen molar-refractivity contribution in [1.82, 2.24) is 14.7 Å². The number of carbonyl (C=O) groups is 1. The normalized spacial score (nSPS) is 16.4. The number of hydrogen-bond acceptors (Lipinski definition) is 4. The molecule has 29 heavy (non-hydrogen) atoms. The third-order valence-electron chi connectivity index (χ3n) is 5.38. The van der Waals surface area contributed by atoms with E-state index in [9.17, 15) is 4.79 Å². The number of anilines is 1. The summed E-state index contributed by atoms with van der Waals surface area (Å²) in [7, 11) is 0. The number of carbonyl (C=O) groups excluding carboxylic acids is 1. The lowest BCUT2D eigenvalue weighted by atomic mass is 10.2. The number of benzene rings is 2. The van der Waals surface area contributed by atoms with Crippen molar-refractivity contribution in [1.29, 1.82) is 0 Å². The average Bonchev–Trinajstić information content (AvgIpc) is 3.46. The quantitative estimate of drug-likeness (QED) is 0.537. The zero-order chi connectivity index (χ0) is 19.8. The van der Waals surface area contributed by atoms with Gasteiger partial charge >= 0.3 is 0 Å². The summed E-state index contributed by atoms with van der Waals surface area (Å²) in [5.41, 5.74) is 3.07. The fourth-order valence-electron chi connectivity index (χ4n) is 3.89. The SMILES string of the molecule is Cc1nn(-c2ccccc2)c2sc(C(=O)N3CCC(Nc4ccccc4)C3)cc12. The number of aromatic nitrogens is 2. The summed E-state index contributed by atoms with van der Waals surface area (Å²) in [6.07, 6.45) is 0.961. The topological polar surface area (TPSA) is 50.2 Å². The predicted octanol–water partition coefficient (Wildman–Crippen LogP) is 4.72. The van der Waals surface area contributed by atoms with Gasteiger partial charge in [-0.25, -0.2) is 4.68 Å². The first-order chi connectivity index (χ1) is 14.2. The Bertz CT molecular complexity index is 1150. The van der Waals surface area contributed by atoms with E-state index in [0.717, 1.165) is 51.7 Å². The van der Waals surface area contributed by atoms with E-state index in [1.807, 2.05) is 71.1 Å². The Balaban J connectivity index is 1.36. The number of amides is 1. The van der Waals surface area contributed by atoms with Crippen LogP contribution in [0.15, 0.2) is 66.7 Å². The van der Waals surface area contributed by atoms with Crippen LogP contribution in [0.1, 0.15) is 21.8 Å². The molecule has 0 spiro atoms. The van der Waals surface area contributed by atoms with Crippen molar-refractivity contribution >= 4 is 33.1 Å². The fraction of sp³-hybridized carbons (Fsp3) is 0.217. The van der Waals surface area contributed by atoms with Crippen molar-refractivity contribution in [3.8, 4) is 5.69 Å². The summed E-state index contributed by atoms with van der Waals surface area (Å²) in [5.74, 6) is 0.113. The monoisotopic (exact) mass is 402 g/mol. The Morgan fingerprint density at radius 1 is 1.10 bits per heavy atom. The minimum absolute atomic E-state index is 0.113. The zero-order valence-electron chi connectivity index (χ0n) is 16.2. The maximum Gasteiger partial charge on any atom is 0.264 e. The molecule has 0 aliphatic carbocycles. The number of nitrogens with zero attached hydrogens (tertiary/aromatic N) is 3. The third kappa shape index (κ3) is 3.40. The van der Waals surface area contributed by atoms with Gasteiger partial charge in [0.1, 0.15) is 4.83 Å². The first-order valence-corrected chi connectivity index (χ1v) is 10.7. The minimum atomic E-state index is 0.113. The van der Waals surface area contributed by atoms with E-state index in [4.69, 9.17) is 0 Å². The number of aryl methyl sites for hydroxylation is 1. The number of rotatable bonds is 4. The van der Waals surface area contributed by atoms with E-state index in [1.165, 1.54) is 11.3 Å². The number of hydrogen-bond donors (Lipinski definition) is 1. The Hall–Kier alpha value is -3.12. The summed E-state index contributed by atoms with van der Waals surface area (Å²) in [5, 5.41) is 9.26. The maximum absolute atomic E-state index is 13.2. The number of fused-ring (bicyclic) bond motifs is 1. The minimum Gasteiger partial charge on any atom is -0.380 e. The van der Waals surface area contributed by atoms with Crippen LogP contribution < -0.4 is 5.32 Å². The van der Waals surface area contributed by atoms with Gasteiger partial charge in [-0.3, -0.25) is 4.79 Å². The van der Waals surface area contributed by atoms with E-state index in [-0.39, 0.29) is 11.9 Å². The predicted molar refractivity (Wildman–Crippen MR) is 118 cm³/mol. The molecule has 1 unspecified atom stereocenters. The Morgan fingerprint density at radius 2 is 1.83 bits per heavy atom. The summed E-state index contributed by atoms with van der Waals surface area (Å²) in [6.45, 7) is 3.51. The third-order valence-corrected chi connectivity index (χ3v) is 6.47. The molecule has 5 nitrogen and oxygen atoms in total. The number of para-hydroxylation sites is 2. The van der Waals surface area contributed by atoms with E-state index < -0.39 is 0 Å². The Morgan fingerprint density at radius 3 is 2.59 bits per heavy atom. The molecule has 6 heteroatoms. The number of thiophene rings is 1. The second-order valence-corrected chi connectivity index (χ2v) is 8.44. The molecule has 0 bridgehead atoms. The van der Waals surface area contributed by atoms with Crippen LogP contribution in [-0.4, -0.2) is 39.7 Å². The van der Waals surface area contributed by atoms with Crippen molar-refractivity contribution in [3.05, 3.63) is 77.3 Å². The molecule has 1 fully saturated rings. The van der Waals surface area contributed by atoms with Crippen molar-refractivity contribution in [2.75, 3.05) is 18.4 Å². The van der Waals surface area contributed by atoms with Crippen LogP contribution in [0, 0.1) is 6.92 Å².